The lowest BCUT2D eigenvalue weighted by molar-refractivity contribution is 0.828. The largest absolute Gasteiger partial charge is 0.370 e. The van der Waals surface area contributed by atoms with E-state index in [0.717, 1.165) is 29.2 Å². The monoisotopic (exact) mass is 403 g/mol. The smallest absolute Gasteiger partial charge is 0.188 e. The molecule has 7 heteroatoms. The van der Waals surface area contributed by atoms with Gasteiger partial charge >= 0.3 is 0 Å². The molecule has 0 amide bonds. The van der Waals surface area contributed by atoms with E-state index >= 15 is 0 Å². The molecule has 0 saturated heterocycles. The van der Waals surface area contributed by atoms with E-state index in [0.29, 0.717) is 12.5 Å². The van der Waals surface area contributed by atoms with Crippen molar-refractivity contribution >= 4 is 41.3 Å². The van der Waals surface area contributed by atoms with Crippen molar-refractivity contribution in [1.82, 2.24) is 15.3 Å². The van der Waals surface area contributed by atoms with Gasteiger partial charge in [-0.1, -0.05) is 6.07 Å². The number of nitrogens with zero attached hydrogens (tertiary/aromatic N) is 3. The van der Waals surface area contributed by atoms with Crippen molar-refractivity contribution in [2.75, 3.05) is 6.54 Å². The third-order valence-electron chi connectivity index (χ3n) is 2.65. The fourth-order valence-electron chi connectivity index (χ4n) is 1.56. The number of hydrogen-bond acceptors (Lipinski definition) is 4. The first-order valence-corrected chi connectivity index (χ1v) is 6.96. The van der Waals surface area contributed by atoms with Crippen molar-refractivity contribution in [3.8, 4) is 0 Å². The molecule has 0 unspecified atom stereocenters. The maximum absolute atomic E-state index is 5.81. The SMILES string of the molecule is Cc1ncsc1CN=C(N)NCCc1ccccn1.I. The van der Waals surface area contributed by atoms with Crippen LogP contribution in [0.4, 0.5) is 0 Å². The molecule has 108 valence electrons. The Morgan fingerprint density at radius 2 is 2.25 bits per heavy atom. The number of aromatic nitrogens is 2. The van der Waals surface area contributed by atoms with Crippen molar-refractivity contribution in [3.63, 3.8) is 0 Å². The number of nitrogens with two attached hydrogens (primary N) is 1. The van der Waals surface area contributed by atoms with Crippen LogP contribution in [0.25, 0.3) is 0 Å². The van der Waals surface area contributed by atoms with E-state index in [-0.39, 0.29) is 24.0 Å². The first-order chi connectivity index (χ1) is 9.25. The summed E-state index contributed by atoms with van der Waals surface area (Å²) in [6.07, 6.45) is 2.62. The number of guanidine groups is 1. The highest BCUT2D eigenvalue weighted by Gasteiger charge is 2.00. The number of rotatable bonds is 5. The highest BCUT2D eigenvalue weighted by Crippen LogP contribution is 2.12. The minimum Gasteiger partial charge on any atom is -0.370 e. The highest BCUT2D eigenvalue weighted by atomic mass is 127. The molecule has 2 aromatic heterocycles. The van der Waals surface area contributed by atoms with Crippen molar-refractivity contribution in [3.05, 3.63) is 46.2 Å². The predicted molar refractivity (Wildman–Crippen MR) is 93.5 cm³/mol. The molecule has 0 aliphatic heterocycles. The average Bonchev–Trinajstić information content (AvgIpc) is 2.83. The second-order valence-electron chi connectivity index (χ2n) is 4.06. The highest BCUT2D eigenvalue weighted by molar-refractivity contribution is 14.0. The zero-order valence-corrected chi connectivity index (χ0v) is 14.4. The molecule has 2 aromatic rings. The van der Waals surface area contributed by atoms with Gasteiger partial charge in [0, 0.05) is 29.7 Å². The van der Waals surface area contributed by atoms with Crippen LogP contribution in [0, 0.1) is 6.92 Å². The summed E-state index contributed by atoms with van der Waals surface area (Å²) in [5.41, 5.74) is 9.70. The molecule has 2 heterocycles. The van der Waals surface area contributed by atoms with Crippen LogP contribution in [0.15, 0.2) is 34.9 Å². The Bertz CT molecular complexity index is 541. The Kier molecular flexibility index (Phi) is 7.45. The molecule has 5 nitrogen and oxygen atoms in total. The molecular weight excluding hydrogens is 385 g/mol. The summed E-state index contributed by atoms with van der Waals surface area (Å²) in [5, 5.41) is 3.08. The summed E-state index contributed by atoms with van der Waals surface area (Å²) >= 11 is 1.60. The summed E-state index contributed by atoms with van der Waals surface area (Å²) in [7, 11) is 0. The fourth-order valence-corrected chi connectivity index (χ4v) is 2.26. The molecule has 0 bridgehead atoms. The Morgan fingerprint density at radius 1 is 1.40 bits per heavy atom. The molecule has 0 atom stereocenters. The quantitative estimate of drug-likeness (QED) is 0.456. The number of hydrogen-bond donors (Lipinski definition) is 2. The van der Waals surface area contributed by atoms with Crippen LogP contribution < -0.4 is 11.1 Å². The molecule has 0 aliphatic rings. The topological polar surface area (TPSA) is 76.2 Å². The second-order valence-corrected chi connectivity index (χ2v) is 5.00. The minimum absolute atomic E-state index is 0. The lowest BCUT2D eigenvalue weighted by Crippen LogP contribution is -2.33. The average molecular weight is 403 g/mol. The van der Waals surface area contributed by atoms with E-state index in [9.17, 15) is 0 Å². The van der Waals surface area contributed by atoms with Crippen LogP contribution in [0.1, 0.15) is 16.3 Å². The molecular formula is C13H18IN5S. The van der Waals surface area contributed by atoms with Gasteiger partial charge in [0.05, 0.1) is 17.7 Å². The van der Waals surface area contributed by atoms with Gasteiger partial charge in [0.1, 0.15) is 0 Å². The lowest BCUT2D eigenvalue weighted by Gasteiger charge is -2.05. The van der Waals surface area contributed by atoms with E-state index in [1.54, 1.807) is 17.5 Å². The summed E-state index contributed by atoms with van der Waals surface area (Å²) in [4.78, 5) is 13.9. The van der Waals surface area contributed by atoms with Crippen molar-refractivity contribution in [2.45, 2.75) is 19.9 Å². The number of aliphatic imine (C=N–C) groups is 1. The molecule has 3 N–H and O–H groups in total. The van der Waals surface area contributed by atoms with Crippen LogP contribution in [-0.4, -0.2) is 22.5 Å². The number of halogens is 1. The van der Waals surface area contributed by atoms with Gasteiger partial charge in [-0.15, -0.1) is 35.3 Å². The van der Waals surface area contributed by atoms with Gasteiger partial charge in [-0.25, -0.2) is 9.98 Å². The van der Waals surface area contributed by atoms with Crippen LogP contribution in [0.3, 0.4) is 0 Å². The van der Waals surface area contributed by atoms with Gasteiger partial charge in [0.25, 0.3) is 0 Å². The number of thiazole rings is 1. The Balaban J connectivity index is 0.00000200. The zero-order valence-electron chi connectivity index (χ0n) is 11.2. The molecule has 0 aliphatic carbocycles. The van der Waals surface area contributed by atoms with E-state index in [2.05, 4.69) is 20.3 Å². The second kappa shape index (κ2) is 8.85. The Hall–Kier alpha value is -1.22. The van der Waals surface area contributed by atoms with E-state index < -0.39 is 0 Å². The zero-order chi connectivity index (χ0) is 13.5. The molecule has 0 saturated carbocycles. The maximum atomic E-state index is 5.81. The fraction of sp³-hybridized carbons (Fsp3) is 0.308. The lowest BCUT2D eigenvalue weighted by atomic mass is 10.3. The third kappa shape index (κ3) is 5.41. The number of nitrogens with one attached hydrogen (secondary N) is 1. The molecule has 2 rings (SSSR count). The van der Waals surface area contributed by atoms with Crippen molar-refractivity contribution in [1.29, 1.82) is 0 Å². The molecule has 0 fully saturated rings. The number of pyridine rings is 1. The van der Waals surface area contributed by atoms with Gasteiger partial charge in [-0.05, 0) is 19.1 Å². The number of aryl methyl sites for hydroxylation is 1. The standard InChI is InChI=1S/C13H17N5S.HI/c1-10-12(19-9-18-10)8-17-13(14)16-7-5-11-4-2-3-6-15-11;/h2-4,6,9H,5,7-8H2,1H3,(H3,14,16,17);1H. The van der Waals surface area contributed by atoms with Gasteiger partial charge in [0.2, 0.25) is 0 Å². The summed E-state index contributed by atoms with van der Waals surface area (Å²) < 4.78 is 0. The van der Waals surface area contributed by atoms with Crippen LogP contribution in [0.5, 0.6) is 0 Å². The molecule has 20 heavy (non-hydrogen) atoms. The van der Waals surface area contributed by atoms with E-state index in [4.69, 9.17) is 5.73 Å². The normalized spacial score (nSPS) is 10.9. The predicted octanol–water partition coefficient (Wildman–Crippen LogP) is 2.11. The van der Waals surface area contributed by atoms with Gasteiger partial charge in [0.15, 0.2) is 5.96 Å². The first-order valence-electron chi connectivity index (χ1n) is 6.08. The summed E-state index contributed by atoms with van der Waals surface area (Å²) in [6, 6.07) is 5.88. The van der Waals surface area contributed by atoms with E-state index in [1.807, 2.05) is 30.6 Å². The Labute approximate surface area is 139 Å². The molecule has 0 aromatic carbocycles. The van der Waals surface area contributed by atoms with Crippen molar-refractivity contribution < 1.29 is 0 Å². The van der Waals surface area contributed by atoms with Gasteiger partial charge in [-0.3, -0.25) is 4.98 Å². The van der Waals surface area contributed by atoms with Gasteiger partial charge in [-0.2, -0.15) is 0 Å². The Morgan fingerprint density at radius 3 is 2.90 bits per heavy atom. The van der Waals surface area contributed by atoms with Crippen molar-refractivity contribution in [2.24, 2.45) is 10.7 Å². The van der Waals surface area contributed by atoms with Gasteiger partial charge < -0.3 is 11.1 Å². The van der Waals surface area contributed by atoms with E-state index in [1.165, 1.54) is 0 Å². The van der Waals surface area contributed by atoms with Crippen LogP contribution >= 0.6 is 35.3 Å². The molecule has 0 spiro atoms. The van der Waals surface area contributed by atoms with Crippen LogP contribution in [0.2, 0.25) is 0 Å². The summed E-state index contributed by atoms with van der Waals surface area (Å²) in [5.74, 6) is 0.462. The third-order valence-corrected chi connectivity index (χ3v) is 3.57. The van der Waals surface area contributed by atoms with Crippen LogP contribution in [-0.2, 0) is 13.0 Å². The molecule has 0 radical (unpaired) electrons. The summed E-state index contributed by atoms with van der Waals surface area (Å²) in [6.45, 7) is 3.29. The first kappa shape index (κ1) is 16.8. The minimum atomic E-state index is 0. The maximum Gasteiger partial charge on any atom is 0.188 e.